The number of allylic oxidation sites excluding steroid dienone is 18. The Bertz CT molecular complexity index is 1460. The van der Waals surface area contributed by atoms with Gasteiger partial charge in [0.25, 0.3) is 0 Å². The first-order chi connectivity index (χ1) is 35.0. The zero-order chi connectivity index (χ0) is 51.4. The van der Waals surface area contributed by atoms with Crippen LogP contribution in [0.5, 0.6) is 0 Å². The molecule has 0 aliphatic heterocycles. The summed E-state index contributed by atoms with van der Waals surface area (Å²) < 4.78 is 16.8. The molecule has 0 amide bonds. The first kappa shape index (κ1) is 67.1. The third kappa shape index (κ3) is 56.9. The number of ether oxygens (including phenoxy) is 3. The highest BCUT2D eigenvalue weighted by Crippen LogP contribution is 2.14. The topological polar surface area (TPSA) is 78.9 Å². The summed E-state index contributed by atoms with van der Waals surface area (Å²) in [7, 11) is 0. The van der Waals surface area contributed by atoms with Gasteiger partial charge in [0.05, 0.1) is 0 Å². The minimum absolute atomic E-state index is 0.0970. The molecule has 1 unspecified atom stereocenters. The molecule has 0 aliphatic rings. The second-order valence-electron chi connectivity index (χ2n) is 19.2. The zero-order valence-corrected chi connectivity index (χ0v) is 46.2. The Morgan fingerprint density at radius 1 is 0.296 bits per heavy atom. The van der Waals surface area contributed by atoms with E-state index in [1.165, 1.54) is 77.0 Å². The molecular weight excluding hydrogens is 877 g/mol. The van der Waals surface area contributed by atoms with Crippen molar-refractivity contribution in [3.8, 4) is 0 Å². The van der Waals surface area contributed by atoms with Crippen LogP contribution >= 0.6 is 0 Å². The third-order valence-electron chi connectivity index (χ3n) is 12.2. The van der Waals surface area contributed by atoms with Crippen LogP contribution in [-0.2, 0) is 28.6 Å². The van der Waals surface area contributed by atoms with Crippen LogP contribution in [0.15, 0.2) is 109 Å². The minimum atomic E-state index is -0.800. The number of carbonyl (C=O) groups excluding carboxylic acids is 3. The maximum Gasteiger partial charge on any atom is 0.306 e. The molecule has 6 nitrogen and oxygen atoms in total. The number of rotatable bonds is 52. The molecule has 0 aromatic rings. The number of hydrogen-bond acceptors (Lipinski definition) is 6. The summed E-state index contributed by atoms with van der Waals surface area (Å²) in [6.45, 7) is 6.42. The molecule has 1 atom stereocenters. The van der Waals surface area contributed by atoms with Crippen LogP contribution < -0.4 is 0 Å². The van der Waals surface area contributed by atoms with E-state index in [0.29, 0.717) is 19.3 Å². The van der Waals surface area contributed by atoms with E-state index < -0.39 is 6.10 Å². The smallest absolute Gasteiger partial charge is 0.306 e. The summed E-state index contributed by atoms with van der Waals surface area (Å²) in [6.07, 6.45) is 79.3. The van der Waals surface area contributed by atoms with E-state index >= 15 is 0 Å². The number of hydrogen-bond donors (Lipinski definition) is 0. The normalized spacial score (nSPS) is 12.9. The number of esters is 3. The lowest BCUT2D eigenvalue weighted by molar-refractivity contribution is -0.167. The van der Waals surface area contributed by atoms with Crippen LogP contribution in [0.1, 0.15) is 265 Å². The number of unbranched alkanes of at least 4 members (excludes halogenated alkanes) is 23. The van der Waals surface area contributed by atoms with Gasteiger partial charge in [-0.15, -0.1) is 0 Å². The molecule has 404 valence electrons. The Labute approximate surface area is 438 Å². The average molecular weight is 986 g/mol. The molecule has 0 saturated carbocycles. The van der Waals surface area contributed by atoms with E-state index in [2.05, 4.69) is 130 Å². The number of carbonyl (C=O) groups is 3. The zero-order valence-electron chi connectivity index (χ0n) is 46.2. The van der Waals surface area contributed by atoms with Gasteiger partial charge in [0, 0.05) is 19.3 Å². The molecule has 0 heterocycles. The first-order valence-corrected chi connectivity index (χ1v) is 29.4. The van der Waals surface area contributed by atoms with Gasteiger partial charge in [-0.25, -0.2) is 0 Å². The summed E-state index contributed by atoms with van der Waals surface area (Å²) in [5.74, 6) is -0.936. The Balaban J connectivity index is 4.44. The molecule has 0 rings (SSSR count). The van der Waals surface area contributed by atoms with Gasteiger partial charge < -0.3 is 14.2 Å². The SMILES string of the molecule is CC/C=C\C/C=C\C/C=C\C/C=C\CCCCCCCCC(=O)OC(COC(=O)CCCCCCC/C=C\C/C=C\CCC)COC(=O)CCCCCCCC/C=C\C/C=C\C/C=C\CCCCCCC. The van der Waals surface area contributed by atoms with Crippen molar-refractivity contribution >= 4 is 17.9 Å². The molecular formula is C65H108O6. The van der Waals surface area contributed by atoms with Crippen LogP contribution in [0, 0.1) is 0 Å². The van der Waals surface area contributed by atoms with Gasteiger partial charge in [-0.1, -0.05) is 233 Å². The van der Waals surface area contributed by atoms with Crippen molar-refractivity contribution in [2.45, 2.75) is 271 Å². The van der Waals surface area contributed by atoms with Crippen molar-refractivity contribution in [1.82, 2.24) is 0 Å². The van der Waals surface area contributed by atoms with Crippen molar-refractivity contribution in [2.24, 2.45) is 0 Å². The van der Waals surface area contributed by atoms with Gasteiger partial charge in [0.1, 0.15) is 13.2 Å². The van der Waals surface area contributed by atoms with E-state index in [1.807, 2.05) is 0 Å². The van der Waals surface area contributed by atoms with E-state index in [0.717, 1.165) is 148 Å². The lowest BCUT2D eigenvalue weighted by Crippen LogP contribution is -2.30. The molecule has 0 saturated heterocycles. The largest absolute Gasteiger partial charge is 0.462 e. The first-order valence-electron chi connectivity index (χ1n) is 29.4. The van der Waals surface area contributed by atoms with Crippen LogP contribution in [0.3, 0.4) is 0 Å². The van der Waals surface area contributed by atoms with Crippen molar-refractivity contribution in [1.29, 1.82) is 0 Å². The van der Waals surface area contributed by atoms with Gasteiger partial charge in [-0.05, 0) is 122 Å². The Morgan fingerprint density at radius 2 is 0.577 bits per heavy atom. The summed E-state index contributed by atoms with van der Waals surface area (Å²) >= 11 is 0. The molecule has 0 radical (unpaired) electrons. The fourth-order valence-electron chi connectivity index (χ4n) is 7.83. The van der Waals surface area contributed by atoms with E-state index in [9.17, 15) is 14.4 Å². The van der Waals surface area contributed by atoms with E-state index in [1.54, 1.807) is 0 Å². The lowest BCUT2D eigenvalue weighted by Gasteiger charge is -2.18. The highest BCUT2D eigenvalue weighted by Gasteiger charge is 2.19. The van der Waals surface area contributed by atoms with Crippen molar-refractivity contribution < 1.29 is 28.6 Å². The average Bonchev–Trinajstić information content (AvgIpc) is 3.37. The van der Waals surface area contributed by atoms with Crippen molar-refractivity contribution in [2.75, 3.05) is 13.2 Å². The summed E-state index contributed by atoms with van der Waals surface area (Å²) in [6, 6.07) is 0. The van der Waals surface area contributed by atoms with Gasteiger partial charge >= 0.3 is 17.9 Å². The van der Waals surface area contributed by atoms with Crippen molar-refractivity contribution in [3.63, 3.8) is 0 Å². The molecule has 71 heavy (non-hydrogen) atoms. The van der Waals surface area contributed by atoms with E-state index in [4.69, 9.17) is 14.2 Å². The Morgan fingerprint density at radius 3 is 0.915 bits per heavy atom. The monoisotopic (exact) mass is 985 g/mol. The van der Waals surface area contributed by atoms with Crippen LogP contribution in [0.4, 0.5) is 0 Å². The standard InChI is InChI=1S/C65H108O6/c1-4-7-10-13-16-19-22-25-27-29-31-32-34-35-37-40-43-46-49-52-55-58-64(67)70-61-62(60-69-63(66)57-54-51-48-45-42-39-24-21-18-15-12-9-6-3)71-65(68)59-56-53-50-47-44-41-38-36-33-30-28-26-23-20-17-14-11-8-5-2/h8,11-12,15,17,20-22,24-26,28-29,31,33-36,62H,4-7,9-10,13-14,16,18-19,23,27,30,32,37-61H2,1-3H3/b11-8-,15-12-,20-17-,24-21-,25-22-,28-26-,31-29-,35-34-,36-33-. The lowest BCUT2D eigenvalue weighted by atomic mass is 10.1. The highest BCUT2D eigenvalue weighted by molar-refractivity contribution is 5.71. The summed E-state index contributed by atoms with van der Waals surface area (Å²) in [5, 5.41) is 0. The van der Waals surface area contributed by atoms with Gasteiger partial charge in [0.15, 0.2) is 6.10 Å². The quantitative estimate of drug-likeness (QED) is 0.0261. The molecule has 0 aromatic heterocycles. The molecule has 0 aromatic carbocycles. The van der Waals surface area contributed by atoms with Crippen LogP contribution in [0.2, 0.25) is 0 Å². The molecule has 6 heteroatoms. The minimum Gasteiger partial charge on any atom is -0.462 e. The van der Waals surface area contributed by atoms with Crippen LogP contribution in [0.25, 0.3) is 0 Å². The Kier molecular flexibility index (Phi) is 55.4. The predicted molar refractivity (Wildman–Crippen MR) is 307 cm³/mol. The molecule has 0 spiro atoms. The van der Waals surface area contributed by atoms with Gasteiger partial charge in [-0.3, -0.25) is 14.4 Å². The van der Waals surface area contributed by atoms with Gasteiger partial charge in [0.2, 0.25) is 0 Å². The maximum absolute atomic E-state index is 12.9. The van der Waals surface area contributed by atoms with Gasteiger partial charge in [-0.2, -0.15) is 0 Å². The van der Waals surface area contributed by atoms with Crippen LogP contribution in [-0.4, -0.2) is 37.2 Å². The summed E-state index contributed by atoms with van der Waals surface area (Å²) in [5.41, 5.74) is 0. The van der Waals surface area contributed by atoms with E-state index in [-0.39, 0.29) is 31.1 Å². The second-order valence-corrected chi connectivity index (χ2v) is 19.2. The fourth-order valence-corrected chi connectivity index (χ4v) is 7.83. The molecule has 0 aliphatic carbocycles. The second kappa shape index (κ2) is 58.6. The highest BCUT2D eigenvalue weighted by atomic mass is 16.6. The maximum atomic E-state index is 12.9. The fraction of sp³-hybridized carbons (Fsp3) is 0.677. The third-order valence-corrected chi connectivity index (χ3v) is 12.2. The van der Waals surface area contributed by atoms with Crippen molar-refractivity contribution in [3.05, 3.63) is 109 Å². The predicted octanol–water partition coefficient (Wildman–Crippen LogP) is 19.9. The molecule has 0 bridgehead atoms. The Hall–Kier alpha value is -3.93. The molecule has 0 N–H and O–H groups in total. The molecule has 0 fully saturated rings. The summed E-state index contributed by atoms with van der Waals surface area (Å²) in [4.78, 5) is 38.2.